The Kier molecular flexibility index (Phi) is 5.18. The van der Waals surface area contributed by atoms with E-state index in [9.17, 15) is 9.50 Å². The van der Waals surface area contributed by atoms with Crippen LogP contribution in [0.1, 0.15) is 17.2 Å². The molecule has 5 heteroatoms. The quantitative estimate of drug-likeness (QED) is 0.805. The highest BCUT2D eigenvalue weighted by Gasteiger charge is 2.16. The number of methoxy groups -OCH3 is 1. The summed E-state index contributed by atoms with van der Waals surface area (Å²) in [5, 5.41) is 10.4. The van der Waals surface area contributed by atoms with Crippen LogP contribution < -0.4 is 4.74 Å². The molecule has 0 aliphatic carbocycles. The number of aliphatic hydroxyl groups excluding tert-OH is 1. The van der Waals surface area contributed by atoms with E-state index in [1.165, 1.54) is 6.07 Å². The van der Waals surface area contributed by atoms with Gasteiger partial charge in [-0.3, -0.25) is 0 Å². The molecule has 2 aromatic carbocycles. The van der Waals surface area contributed by atoms with Crippen molar-refractivity contribution in [3.63, 3.8) is 0 Å². The van der Waals surface area contributed by atoms with Crippen molar-refractivity contribution in [2.24, 2.45) is 0 Å². The normalized spacial score (nSPS) is 12.2. The number of aliphatic hydroxyl groups is 1. The summed E-state index contributed by atoms with van der Waals surface area (Å²) in [7, 11) is 1.55. The molecule has 0 aliphatic heterocycles. The molecule has 2 rings (SSSR count). The topological polar surface area (TPSA) is 29.5 Å². The van der Waals surface area contributed by atoms with Crippen molar-refractivity contribution in [1.29, 1.82) is 0 Å². The maximum atomic E-state index is 13.5. The molecule has 106 valence electrons. The second-order valence-electron chi connectivity index (χ2n) is 4.32. The Balaban J connectivity index is 2.28. The lowest BCUT2D eigenvalue weighted by molar-refractivity contribution is 0.173. The summed E-state index contributed by atoms with van der Waals surface area (Å²) in [6, 6.07) is 10.2. The molecule has 1 unspecified atom stereocenters. The Morgan fingerprint density at radius 2 is 2.00 bits per heavy atom. The van der Waals surface area contributed by atoms with E-state index in [2.05, 4.69) is 31.9 Å². The summed E-state index contributed by atoms with van der Waals surface area (Å²) in [5.74, 6) is 0.261. The Labute approximate surface area is 133 Å². The second-order valence-corrected chi connectivity index (χ2v) is 6.03. The molecular weight excluding hydrogens is 391 g/mol. The molecule has 0 heterocycles. The predicted molar refractivity (Wildman–Crippen MR) is 83.5 cm³/mol. The number of rotatable bonds is 4. The largest absolute Gasteiger partial charge is 0.496 e. The van der Waals surface area contributed by atoms with Gasteiger partial charge in [0.05, 0.1) is 17.7 Å². The molecule has 20 heavy (non-hydrogen) atoms. The smallest absolute Gasteiger partial charge is 0.137 e. The minimum absolute atomic E-state index is 0.302. The van der Waals surface area contributed by atoms with Gasteiger partial charge in [0, 0.05) is 16.5 Å². The number of ether oxygens (including phenoxy) is 1. The lowest BCUT2D eigenvalue weighted by Crippen LogP contribution is -2.05. The molecule has 0 saturated heterocycles. The summed E-state index contributed by atoms with van der Waals surface area (Å²) in [4.78, 5) is 0. The van der Waals surface area contributed by atoms with Crippen LogP contribution in [0.25, 0.3) is 0 Å². The van der Waals surface area contributed by atoms with Crippen LogP contribution in [-0.2, 0) is 6.42 Å². The third kappa shape index (κ3) is 3.40. The van der Waals surface area contributed by atoms with Crippen LogP contribution in [0.4, 0.5) is 4.39 Å². The highest BCUT2D eigenvalue weighted by Crippen LogP contribution is 2.32. The maximum Gasteiger partial charge on any atom is 0.137 e. The van der Waals surface area contributed by atoms with E-state index in [-0.39, 0.29) is 5.82 Å². The summed E-state index contributed by atoms with van der Waals surface area (Å²) >= 11 is 6.56. The van der Waals surface area contributed by atoms with Crippen molar-refractivity contribution < 1.29 is 14.2 Å². The monoisotopic (exact) mass is 402 g/mol. The molecule has 0 aromatic heterocycles. The second kappa shape index (κ2) is 6.70. The number of hydrogen-bond acceptors (Lipinski definition) is 2. The van der Waals surface area contributed by atoms with Gasteiger partial charge < -0.3 is 9.84 Å². The van der Waals surface area contributed by atoms with Gasteiger partial charge in [0.15, 0.2) is 0 Å². The molecule has 0 aliphatic rings. The van der Waals surface area contributed by atoms with Gasteiger partial charge in [0.25, 0.3) is 0 Å². The predicted octanol–water partition coefficient (Wildman–Crippen LogP) is 4.64. The highest BCUT2D eigenvalue weighted by molar-refractivity contribution is 9.10. The van der Waals surface area contributed by atoms with Crippen LogP contribution >= 0.6 is 31.9 Å². The van der Waals surface area contributed by atoms with Gasteiger partial charge in [-0.1, -0.05) is 34.1 Å². The molecule has 0 amide bonds. The van der Waals surface area contributed by atoms with E-state index >= 15 is 0 Å². The Morgan fingerprint density at radius 3 is 2.70 bits per heavy atom. The first-order chi connectivity index (χ1) is 9.52. The average Bonchev–Trinajstić information content (AvgIpc) is 2.43. The van der Waals surface area contributed by atoms with Crippen molar-refractivity contribution in [2.75, 3.05) is 7.11 Å². The molecule has 0 fully saturated rings. The first kappa shape index (κ1) is 15.5. The van der Waals surface area contributed by atoms with E-state index in [4.69, 9.17) is 4.74 Å². The average molecular weight is 404 g/mol. The van der Waals surface area contributed by atoms with Crippen molar-refractivity contribution in [1.82, 2.24) is 0 Å². The van der Waals surface area contributed by atoms with Gasteiger partial charge in [0.1, 0.15) is 11.6 Å². The van der Waals surface area contributed by atoms with Crippen LogP contribution in [0, 0.1) is 5.82 Å². The third-order valence-electron chi connectivity index (χ3n) is 3.00. The lowest BCUT2D eigenvalue weighted by atomic mass is 10.0. The van der Waals surface area contributed by atoms with Gasteiger partial charge in [-0.2, -0.15) is 0 Å². The SMILES string of the molecule is COc1cc(Br)ccc1C(O)Cc1cccc(F)c1Br. The molecule has 0 spiro atoms. The van der Waals surface area contributed by atoms with Crippen molar-refractivity contribution in [2.45, 2.75) is 12.5 Å². The first-order valence-electron chi connectivity index (χ1n) is 5.97. The van der Waals surface area contributed by atoms with E-state index < -0.39 is 6.10 Å². The molecule has 1 N–H and O–H groups in total. The van der Waals surface area contributed by atoms with Gasteiger partial charge in [0.2, 0.25) is 0 Å². The van der Waals surface area contributed by atoms with Gasteiger partial charge in [-0.05, 0) is 39.7 Å². The zero-order valence-electron chi connectivity index (χ0n) is 10.7. The summed E-state index contributed by atoms with van der Waals surface area (Å²) in [6.07, 6.45) is -0.466. The summed E-state index contributed by atoms with van der Waals surface area (Å²) in [6.45, 7) is 0. The van der Waals surface area contributed by atoms with Crippen LogP contribution in [0.2, 0.25) is 0 Å². The number of hydrogen-bond donors (Lipinski definition) is 1. The molecular formula is C15H13Br2FO2. The fraction of sp³-hybridized carbons (Fsp3) is 0.200. The van der Waals surface area contributed by atoms with Crippen LogP contribution in [0.15, 0.2) is 45.3 Å². The van der Waals surface area contributed by atoms with E-state index in [1.54, 1.807) is 31.4 Å². The summed E-state index contributed by atoms with van der Waals surface area (Å²) < 4.78 is 20.0. The lowest BCUT2D eigenvalue weighted by Gasteiger charge is -2.16. The maximum absolute atomic E-state index is 13.5. The fourth-order valence-corrected chi connectivity index (χ4v) is 2.75. The summed E-state index contributed by atoms with van der Waals surface area (Å²) in [5.41, 5.74) is 1.38. The van der Waals surface area contributed by atoms with Gasteiger partial charge in [-0.25, -0.2) is 4.39 Å². The highest BCUT2D eigenvalue weighted by atomic mass is 79.9. The fourth-order valence-electron chi connectivity index (χ4n) is 1.98. The Hall–Kier alpha value is -0.910. The van der Waals surface area contributed by atoms with Gasteiger partial charge in [-0.15, -0.1) is 0 Å². The standard InChI is InChI=1S/C15H13Br2FO2/c1-20-14-8-10(16)5-6-11(14)13(19)7-9-3-2-4-12(18)15(9)17/h2-6,8,13,19H,7H2,1H3. The van der Waals surface area contributed by atoms with E-state index in [1.807, 2.05) is 6.07 Å². The molecule has 0 saturated carbocycles. The van der Waals surface area contributed by atoms with Crippen LogP contribution in [0.3, 0.4) is 0 Å². The zero-order chi connectivity index (χ0) is 14.7. The van der Waals surface area contributed by atoms with Crippen molar-refractivity contribution in [3.05, 3.63) is 62.3 Å². The van der Waals surface area contributed by atoms with Crippen LogP contribution in [0.5, 0.6) is 5.75 Å². The molecule has 0 bridgehead atoms. The van der Waals surface area contributed by atoms with Crippen molar-refractivity contribution in [3.8, 4) is 5.75 Å². The van der Waals surface area contributed by atoms with E-state index in [0.717, 1.165) is 4.47 Å². The Morgan fingerprint density at radius 1 is 1.25 bits per heavy atom. The third-order valence-corrected chi connectivity index (χ3v) is 4.38. The van der Waals surface area contributed by atoms with Gasteiger partial charge >= 0.3 is 0 Å². The first-order valence-corrected chi connectivity index (χ1v) is 7.56. The molecule has 2 aromatic rings. The Bertz CT molecular complexity index is 617. The number of halogens is 3. The van der Waals surface area contributed by atoms with Crippen molar-refractivity contribution >= 4 is 31.9 Å². The minimum Gasteiger partial charge on any atom is -0.496 e. The molecule has 1 atom stereocenters. The molecule has 0 radical (unpaired) electrons. The zero-order valence-corrected chi connectivity index (χ0v) is 13.9. The van der Waals surface area contributed by atoms with Crippen LogP contribution in [-0.4, -0.2) is 12.2 Å². The molecule has 2 nitrogen and oxygen atoms in total. The minimum atomic E-state index is -0.767. The number of benzene rings is 2. The van der Waals surface area contributed by atoms with E-state index in [0.29, 0.717) is 27.8 Å².